The minimum absolute atomic E-state index is 0.112. The molecule has 0 radical (unpaired) electrons. The highest BCUT2D eigenvalue weighted by molar-refractivity contribution is 5.93. The van der Waals surface area contributed by atoms with Gasteiger partial charge in [0.1, 0.15) is 18.3 Å². The summed E-state index contributed by atoms with van der Waals surface area (Å²) in [5.74, 6) is -0.112. The van der Waals surface area contributed by atoms with Crippen LogP contribution in [0.1, 0.15) is 18.4 Å². The molecule has 1 aliphatic rings. The van der Waals surface area contributed by atoms with Gasteiger partial charge in [-0.25, -0.2) is 0 Å². The highest BCUT2D eigenvalue weighted by atomic mass is 16.7. The zero-order valence-corrected chi connectivity index (χ0v) is 12.9. The molecule has 1 aromatic rings. The van der Waals surface area contributed by atoms with Crippen LogP contribution in [0.25, 0.3) is 6.08 Å². The van der Waals surface area contributed by atoms with Crippen molar-refractivity contribution >= 4 is 11.9 Å². The predicted octanol–water partition coefficient (Wildman–Crippen LogP) is 0.503. The van der Waals surface area contributed by atoms with Crippen molar-refractivity contribution < 1.29 is 29.6 Å². The van der Waals surface area contributed by atoms with Gasteiger partial charge in [0.05, 0.1) is 6.10 Å². The van der Waals surface area contributed by atoms with E-state index in [1.54, 1.807) is 6.08 Å². The molecule has 0 aliphatic carbocycles. The Morgan fingerprint density at radius 3 is 2.52 bits per heavy atom. The quantitative estimate of drug-likeness (QED) is 0.660. The zero-order valence-electron chi connectivity index (χ0n) is 12.9. The molecule has 1 heterocycles. The Bertz CT molecular complexity index is 527. The standard InChI is InChI=1S/C17H22O6/c1-22-17-16(21)15(20)14(19)13(23-17)10-9-12(18)8-7-11-5-3-2-4-6-11/h2-8,13-17,19-21H,9-10H2,1H3/b8-7+/t13-,14?,15-,16+,17?/m1/s1. The minimum Gasteiger partial charge on any atom is -0.388 e. The Balaban J connectivity index is 1.87. The lowest BCUT2D eigenvalue weighted by atomic mass is 9.95. The molecule has 2 rings (SSSR count). The van der Waals surface area contributed by atoms with Crippen LogP contribution in [0.2, 0.25) is 0 Å². The predicted molar refractivity (Wildman–Crippen MR) is 83.4 cm³/mol. The fraction of sp³-hybridized carbons (Fsp3) is 0.471. The Hall–Kier alpha value is -1.57. The van der Waals surface area contributed by atoms with Crippen LogP contribution in [0.15, 0.2) is 36.4 Å². The lowest BCUT2D eigenvalue weighted by molar-refractivity contribution is -0.290. The van der Waals surface area contributed by atoms with Gasteiger partial charge in [-0.3, -0.25) is 4.79 Å². The fourth-order valence-corrected chi connectivity index (χ4v) is 2.47. The molecule has 6 nitrogen and oxygen atoms in total. The van der Waals surface area contributed by atoms with Crippen LogP contribution in [0.5, 0.6) is 0 Å². The van der Waals surface area contributed by atoms with Gasteiger partial charge in [-0.2, -0.15) is 0 Å². The first kappa shape index (κ1) is 17.8. The first-order valence-electron chi connectivity index (χ1n) is 7.51. The van der Waals surface area contributed by atoms with Crippen LogP contribution in [0, 0.1) is 0 Å². The van der Waals surface area contributed by atoms with Crippen LogP contribution in [-0.2, 0) is 14.3 Å². The Kier molecular flexibility index (Phi) is 6.44. The summed E-state index contributed by atoms with van der Waals surface area (Å²) < 4.78 is 10.3. The van der Waals surface area contributed by atoms with Crippen molar-refractivity contribution in [2.24, 2.45) is 0 Å². The molecule has 0 bridgehead atoms. The summed E-state index contributed by atoms with van der Waals surface area (Å²) >= 11 is 0. The van der Waals surface area contributed by atoms with Crippen LogP contribution in [-0.4, -0.2) is 58.9 Å². The number of aliphatic hydroxyl groups is 3. The van der Waals surface area contributed by atoms with Crippen molar-refractivity contribution in [1.82, 2.24) is 0 Å². The molecule has 1 aliphatic heterocycles. The summed E-state index contributed by atoms with van der Waals surface area (Å²) in [5.41, 5.74) is 0.924. The number of carbonyl (C=O) groups is 1. The van der Waals surface area contributed by atoms with Crippen LogP contribution in [0.4, 0.5) is 0 Å². The van der Waals surface area contributed by atoms with E-state index in [-0.39, 0.29) is 18.6 Å². The summed E-state index contributed by atoms with van der Waals surface area (Å²) in [6.07, 6.45) is -2.16. The SMILES string of the molecule is COC1O[C@H](CCC(=O)/C=C/c2ccccc2)C(O)[C@@H](O)[C@@H]1O. The summed E-state index contributed by atoms with van der Waals surface area (Å²) in [5, 5.41) is 29.4. The molecule has 0 saturated carbocycles. The van der Waals surface area contributed by atoms with Crippen LogP contribution < -0.4 is 0 Å². The van der Waals surface area contributed by atoms with E-state index in [0.29, 0.717) is 0 Å². The second-order valence-electron chi connectivity index (χ2n) is 5.50. The highest BCUT2D eigenvalue weighted by Gasteiger charge is 2.43. The van der Waals surface area contributed by atoms with Gasteiger partial charge in [0.25, 0.3) is 0 Å². The summed E-state index contributed by atoms with van der Waals surface area (Å²) in [4.78, 5) is 11.9. The molecule has 1 aromatic carbocycles. The third-order valence-corrected chi connectivity index (χ3v) is 3.84. The number of carbonyl (C=O) groups excluding carboxylic acids is 1. The molecule has 5 atom stereocenters. The molecular weight excluding hydrogens is 300 g/mol. The lowest BCUT2D eigenvalue weighted by Crippen LogP contribution is -2.57. The van der Waals surface area contributed by atoms with Crippen LogP contribution >= 0.6 is 0 Å². The molecule has 1 saturated heterocycles. The Morgan fingerprint density at radius 2 is 1.87 bits per heavy atom. The molecule has 126 valence electrons. The molecule has 2 unspecified atom stereocenters. The highest BCUT2D eigenvalue weighted by Crippen LogP contribution is 2.24. The van der Waals surface area contributed by atoms with E-state index in [9.17, 15) is 20.1 Å². The van der Waals surface area contributed by atoms with Crippen molar-refractivity contribution in [2.45, 2.75) is 43.5 Å². The van der Waals surface area contributed by atoms with Gasteiger partial charge < -0.3 is 24.8 Å². The molecule has 23 heavy (non-hydrogen) atoms. The fourth-order valence-electron chi connectivity index (χ4n) is 2.47. The first-order valence-corrected chi connectivity index (χ1v) is 7.51. The molecule has 1 fully saturated rings. The number of rotatable bonds is 6. The van der Waals surface area contributed by atoms with Crippen molar-refractivity contribution in [3.63, 3.8) is 0 Å². The summed E-state index contributed by atoms with van der Waals surface area (Å²) in [7, 11) is 1.34. The van der Waals surface area contributed by atoms with Crippen molar-refractivity contribution in [2.75, 3.05) is 7.11 Å². The lowest BCUT2D eigenvalue weighted by Gasteiger charge is -2.39. The summed E-state index contributed by atoms with van der Waals surface area (Å²) in [6, 6.07) is 9.44. The van der Waals surface area contributed by atoms with Gasteiger partial charge in [0, 0.05) is 13.5 Å². The third-order valence-electron chi connectivity index (χ3n) is 3.84. The van der Waals surface area contributed by atoms with E-state index < -0.39 is 30.7 Å². The number of ether oxygens (including phenoxy) is 2. The number of hydrogen-bond acceptors (Lipinski definition) is 6. The maximum atomic E-state index is 11.9. The van der Waals surface area contributed by atoms with Gasteiger partial charge in [0.2, 0.25) is 0 Å². The minimum atomic E-state index is -1.37. The molecule has 0 aromatic heterocycles. The van der Waals surface area contributed by atoms with E-state index in [1.165, 1.54) is 13.2 Å². The van der Waals surface area contributed by atoms with Gasteiger partial charge in [-0.05, 0) is 18.1 Å². The molecular formula is C17H22O6. The Morgan fingerprint density at radius 1 is 1.17 bits per heavy atom. The molecule has 0 amide bonds. The van der Waals surface area contributed by atoms with Gasteiger partial charge in [-0.15, -0.1) is 0 Å². The maximum absolute atomic E-state index is 11.9. The Labute approximate surface area is 135 Å². The average molecular weight is 322 g/mol. The number of aliphatic hydroxyl groups excluding tert-OH is 3. The number of hydrogen-bond donors (Lipinski definition) is 3. The van der Waals surface area contributed by atoms with E-state index in [0.717, 1.165) is 5.56 Å². The second-order valence-corrected chi connectivity index (χ2v) is 5.50. The smallest absolute Gasteiger partial charge is 0.186 e. The number of ketones is 1. The number of allylic oxidation sites excluding steroid dienone is 1. The number of benzene rings is 1. The van der Waals surface area contributed by atoms with Crippen molar-refractivity contribution in [3.8, 4) is 0 Å². The molecule has 3 N–H and O–H groups in total. The van der Waals surface area contributed by atoms with E-state index >= 15 is 0 Å². The zero-order chi connectivity index (χ0) is 16.8. The summed E-state index contributed by atoms with van der Waals surface area (Å²) in [6.45, 7) is 0. The van der Waals surface area contributed by atoms with Crippen molar-refractivity contribution in [1.29, 1.82) is 0 Å². The monoisotopic (exact) mass is 322 g/mol. The number of methoxy groups -OCH3 is 1. The van der Waals surface area contributed by atoms with E-state index in [2.05, 4.69) is 0 Å². The van der Waals surface area contributed by atoms with Gasteiger partial charge in [0.15, 0.2) is 12.1 Å². The molecule has 0 spiro atoms. The first-order chi connectivity index (χ1) is 11.0. The normalized spacial score (nSPS) is 31.4. The average Bonchev–Trinajstić information content (AvgIpc) is 2.58. The molecule has 6 heteroatoms. The van der Waals surface area contributed by atoms with Crippen LogP contribution in [0.3, 0.4) is 0 Å². The maximum Gasteiger partial charge on any atom is 0.186 e. The van der Waals surface area contributed by atoms with E-state index in [1.807, 2.05) is 30.3 Å². The largest absolute Gasteiger partial charge is 0.388 e. The van der Waals surface area contributed by atoms with Crippen molar-refractivity contribution in [3.05, 3.63) is 42.0 Å². The topological polar surface area (TPSA) is 96.2 Å². The van der Waals surface area contributed by atoms with Gasteiger partial charge in [-0.1, -0.05) is 36.4 Å². The second kappa shape index (κ2) is 8.33. The van der Waals surface area contributed by atoms with E-state index in [4.69, 9.17) is 9.47 Å². The van der Waals surface area contributed by atoms with Gasteiger partial charge >= 0.3 is 0 Å². The third kappa shape index (κ3) is 4.70.